The van der Waals surface area contributed by atoms with Crippen LogP contribution in [0.25, 0.3) is 0 Å². The summed E-state index contributed by atoms with van der Waals surface area (Å²) in [5.41, 5.74) is 1.32. The zero-order chi connectivity index (χ0) is 9.64. The number of hydrogen-bond acceptors (Lipinski definition) is 1. The van der Waals surface area contributed by atoms with Gasteiger partial charge in [-0.2, -0.15) is 0 Å². The van der Waals surface area contributed by atoms with Crippen molar-refractivity contribution in [2.24, 2.45) is 17.3 Å². The summed E-state index contributed by atoms with van der Waals surface area (Å²) >= 11 is 0. The summed E-state index contributed by atoms with van der Waals surface area (Å²) in [7, 11) is 0. The van der Waals surface area contributed by atoms with Crippen molar-refractivity contribution in [1.82, 2.24) is 0 Å². The Morgan fingerprint density at radius 1 is 1.54 bits per heavy atom. The van der Waals surface area contributed by atoms with E-state index in [-0.39, 0.29) is 5.92 Å². The topological polar surface area (TPSA) is 17.1 Å². The van der Waals surface area contributed by atoms with Crippen LogP contribution in [0.5, 0.6) is 0 Å². The smallest absolute Gasteiger partial charge is 0.161 e. The molecule has 1 fully saturated rings. The van der Waals surface area contributed by atoms with E-state index in [1.165, 1.54) is 19.3 Å². The fourth-order valence-electron chi connectivity index (χ4n) is 3.33. The van der Waals surface area contributed by atoms with Crippen LogP contribution in [0.2, 0.25) is 0 Å². The molecule has 0 heterocycles. The van der Waals surface area contributed by atoms with Crippen LogP contribution in [-0.2, 0) is 4.79 Å². The largest absolute Gasteiger partial charge is 0.294 e. The van der Waals surface area contributed by atoms with E-state index in [2.05, 4.69) is 19.9 Å². The zero-order valence-corrected chi connectivity index (χ0v) is 8.76. The zero-order valence-electron chi connectivity index (χ0n) is 8.76. The number of carbonyl (C=O) groups is 1. The van der Waals surface area contributed by atoms with Crippen LogP contribution in [0.4, 0.5) is 0 Å². The average Bonchev–Trinajstić information content (AvgIpc) is 2.43. The molecular formula is C12H18O. The van der Waals surface area contributed by atoms with E-state index in [1.807, 2.05) is 6.92 Å². The lowest BCUT2D eigenvalue weighted by molar-refractivity contribution is -0.122. The van der Waals surface area contributed by atoms with E-state index in [9.17, 15) is 4.79 Å². The molecule has 1 nitrogen and oxygen atoms in total. The highest BCUT2D eigenvalue weighted by Crippen LogP contribution is 2.51. The number of rotatable bonds is 0. The van der Waals surface area contributed by atoms with Gasteiger partial charge in [0.2, 0.25) is 0 Å². The average molecular weight is 178 g/mol. The number of hydrogen-bond donors (Lipinski definition) is 0. The summed E-state index contributed by atoms with van der Waals surface area (Å²) in [5.74, 6) is 1.26. The van der Waals surface area contributed by atoms with Gasteiger partial charge in [0.25, 0.3) is 0 Å². The van der Waals surface area contributed by atoms with Gasteiger partial charge in [-0.15, -0.1) is 0 Å². The maximum absolute atomic E-state index is 11.7. The first-order chi connectivity index (χ1) is 6.04. The molecule has 1 saturated carbocycles. The fraction of sp³-hybridized carbons (Fsp3) is 0.750. The van der Waals surface area contributed by atoms with Gasteiger partial charge in [0, 0.05) is 5.92 Å². The first-order valence-electron chi connectivity index (χ1n) is 5.28. The molecule has 2 aliphatic carbocycles. The molecule has 0 aromatic carbocycles. The molecule has 0 aromatic rings. The highest BCUT2D eigenvalue weighted by atomic mass is 16.1. The Balaban J connectivity index is 2.42. The third-order valence-electron chi connectivity index (χ3n) is 4.03. The van der Waals surface area contributed by atoms with Crippen molar-refractivity contribution in [3.05, 3.63) is 11.6 Å². The Morgan fingerprint density at radius 2 is 2.23 bits per heavy atom. The lowest BCUT2D eigenvalue weighted by atomic mass is 9.66. The van der Waals surface area contributed by atoms with Gasteiger partial charge in [-0.05, 0) is 36.7 Å². The summed E-state index contributed by atoms with van der Waals surface area (Å²) in [5, 5.41) is 0. The SMILES string of the molecule is CC1=C[C@@]2(C)CCC[C@H]2[C@H](C)C1=O. The van der Waals surface area contributed by atoms with E-state index in [0.29, 0.717) is 17.1 Å². The van der Waals surface area contributed by atoms with E-state index in [4.69, 9.17) is 0 Å². The predicted octanol–water partition coefficient (Wildman–Crippen LogP) is 2.96. The second kappa shape index (κ2) is 2.70. The minimum atomic E-state index is 0.262. The highest BCUT2D eigenvalue weighted by molar-refractivity contribution is 5.97. The van der Waals surface area contributed by atoms with Crippen LogP contribution in [-0.4, -0.2) is 5.78 Å². The third-order valence-corrected chi connectivity index (χ3v) is 4.03. The molecule has 0 amide bonds. The van der Waals surface area contributed by atoms with Crippen LogP contribution in [0, 0.1) is 17.3 Å². The van der Waals surface area contributed by atoms with Crippen molar-refractivity contribution >= 4 is 5.78 Å². The number of Topliss-reactive ketones (excluding diaryl/α,β-unsaturated/α-hetero) is 1. The van der Waals surface area contributed by atoms with E-state index < -0.39 is 0 Å². The molecule has 1 heteroatoms. The Bertz CT molecular complexity index is 277. The summed E-state index contributed by atoms with van der Waals surface area (Å²) in [4.78, 5) is 11.7. The molecule has 0 saturated heterocycles. The van der Waals surface area contributed by atoms with Crippen LogP contribution in [0.15, 0.2) is 11.6 Å². The van der Waals surface area contributed by atoms with Crippen LogP contribution in [0.3, 0.4) is 0 Å². The van der Waals surface area contributed by atoms with Crippen LogP contribution >= 0.6 is 0 Å². The maximum Gasteiger partial charge on any atom is 0.161 e. The summed E-state index contributed by atoms with van der Waals surface area (Å²) < 4.78 is 0. The molecule has 0 N–H and O–H groups in total. The molecule has 13 heavy (non-hydrogen) atoms. The van der Waals surface area contributed by atoms with Crippen molar-refractivity contribution in [1.29, 1.82) is 0 Å². The van der Waals surface area contributed by atoms with Crippen molar-refractivity contribution in [3.8, 4) is 0 Å². The van der Waals surface area contributed by atoms with E-state index in [0.717, 1.165) is 5.57 Å². The summed E-state index contributed by atoms with van der Waals surface area (Å²) in [6, 6.07) is 0. The van der Waals surface area contributed by atoms with Gasteiger partial charge in [-0.25, -0.2) is 0 Å². The minimum Gasteiger partial charge on any atom is -0.294 e. The molecule has 0 bridgehead atoms. The predicted molar refractivity (Wildman–Crippen MR) is 53.4 cm³/mol. The van der Waals surface area contributed by atoms with Gasteiger partial charge in [0.15, 0.2) is 5.78 Å². The number of carbonyl (C=O) groups excluding carboxylic acids is 1. The maximum atomic E-state index is 11.7. The standard InChI is InChI=1S/C12H18O/c1-8-7-12(3)6-4-5-10(12)9(2)11(8)13/h7,9-10H,4-6H2,1-3H3/t9-,10-,12+/m0/s1. The van der Waals surface area contributed by atoms with Gasteiger partial charge >= 0.3 is 0 Å². The molecule has 0 spiro atoms. The van der Waals surface area contributed by atoms with Gasteiger partial charge in [0.05, 0.1) is 0 Å². The second-order valence-electron chi connectivity index (χ2n) is 4.98. The van der Waals surface area contributed by atoms with Crippen molar-refractivity contribution in [2.75, 3.05) is 0 Å². The van der Waals surface area contributed by atoms with Gasteiger partial charge in [-0.3, -0.25) is 4.79 Å². The number of allylic oxidation sites excluding steroid dienone is 2. The van der Waals surface area contributed by atoms with Crippen molar-refractivity contribution in [2.45, 2.75) is 40.0 Å². The molecule has 0 radical (unpaired) electrons. The van der Waals surface area contributed by atoms with Crippen molar-refractivity contribution < 1.29 is 4.79 Å². The molecule has 0 aliphatic heterocycles. The Kier molecular flexibility index (Phi) is 1.86. The molecule has 2 aliphatic rings. The first-order valence-corrected chi connectivity index (χ1v) is 5.28. The quantitative estimate of drug-likeness (QED) is 0.557. The van der Waals surface area contributed by atoms with Gasteiger partial charge in [-0.1, -0.05) is 26.3 Å². The first kappa shape index (κ1) is 8.98. The molecule has 0 unspecified atom stereocenters. The second-order valence-corrected chi connectivity index (χ2v) is 4.98. The molecule has 72 valence electrons. The summed E-state index contributed by atoms with van der Waals surface area (Å²) in [6.45, 7) is 6.39. The highest BCUT2D eigenvalue weighted by Gasteiger charge is 2.45. The Labute approximate surface area is 80.2 Å². The third kappa shape index (κ3) is 1.17. The molecule has 2 rings (SSSR count). The van der Waals surface area contributed by atoms with Gasteiger partial charge < -0.3 is 0 Å². The van der Waals surface area contributed by atoms with Crippen molar-refractivity contribution in [3.63, 3.8) is 0 Å². The minimum absolute atomic E-state index is 0.262. The van der Waals surface area contributed by atoms with Gasteiger partial charge in [0.1, 0.15) is 0 Å². The van der Waals surface area contributed by atoms with Crippen LogP contribution < -0.4 is 0 Å². The summed E-state index contributed by atoms with van der Waals surface area (Å²) in [6.07, 6.45) is 6.04. The monoisotopic (exact) mass is 178 g/mol. The molecule has 0 aromatic heterocycles. The molecule has 3 atom stereocenters. The lowest BCUT2D eigenvalue weighted by Gasteiger charge is -2.37. The number of fused-ring (bicyclic) bond motifs is 1. The lowest BCUT2D eigenvalue weighted by Crippen LogP contribution is -2.35. The Hall–Kier alpha value is -0.590. The van der Waals surface area contributed by atoms with E-state index >= 15 is 0 Å². The normalized spacial score (nSPS) is 44.5. The Morgan fingerprint density at radius 3 is 2.92 bits per heavy atom. The fourth-order valence-corrected chi connectivity index (χ4v) is 3.33. The van der Waals surface area contributed by atoms with Crippen LogP contribution in [0.1, 0.15) is 40.0 Å². The number of ketones is 1. The van der Waals surface area contributed by atoms with E-state index in [1.54, 1.807) is 0 Å². The molecular weight excluding hydrogens is 160 g/mol.